The minimum atomic E-state index is -0.918. The number of methoxy groups -OCH3 is 12. The predicted molar refractivity (Wildman–Crippen MR) is 339 cm³/mol. The molecule has 484 valence electrons. The number of urea groups is 2. The minimum Gasteiger partial charge on any atom is -1.00 e. The summed E-state index contributed by atoms with van der Waals surface area (Å²) in [5.41, 5.74) is 5.09. The summed E-state index contributed by atoms with van der Waals surface area (Å²) in [7, 11) is 19.2. The molecule has 8 rings (SSSR count). The molecular weight excluding hydrogens is 1180 g/mol. The van der Waals surface area contributed by atoms with Gasteiger partial charge in [-0.1, -0.05) is 19.1 Å². The Kier molecular flexibility index (Phi) is 29.2. The molecule has 4 aromatic carbocycles. The second-order valence-electron chi connectivity index (χ2n) is 21.8. The van der Waals surface area contributed by atoms with Crippen molar-refractivity contribution in [2.24, 2.45) is 0 Å². The maximum absolute atomic E-state index is 14.2. The molecule has 4 aliphatic heterocycles. The number of halogens is 1. The summed E-state index contributed by atoms with van der Waals surface area (Å²) >= 11 is 0. The first-order valence-corrected chi connectivity index (χ1v) is 28.8. The summed E-state index contributed by atoms with van der Waals surface area (Å²) in [6.45, 7) is 21.3. The van der Waals surface area contributed by atoms with Crippen LogP contribution in [0.1, 0.15) is 61.8 Å². The van der Waals surface area contributed by atoms with Crippen LogP contribution in [-0.4, -0.2) is 219 Å². The fraction of sp³-hybridized carbons (Fsp3) is 0.485. The first-order valence-electron chi connectivity index (χ1n) is 28.8. The van der Waals surface area contributed by atoms with Crippen LogP contribution in [0.4, 0.5) is 9.59 Å². The second kappa shape index (κ2) is 34.9. The summed E-state index contributed by atoms with van der Waals surface area (Å²) in [5, 5.41) is 0. The van der Waals surface area contributed by atoms with E-state index in [4.69, 9.17) is 56.8 Å². The van der Waals surface area contributed by atoms with Crippen molar-refractivity contribution in [3.8, 4) is 57.5 Å². The number of benzene rings is 4. The number of amides is 5. The smallest absolute Gasteiger partial charge is 1.00 e. The van der Waals surface area contributed by atoms with Crippen molar-refractivity contribution in [2.45, 2.75) is 76.8 Å². The Morgan fingerprint density at radius 1 is 0.472 bits per heavy atom. The monoisotopic (exact) mass is 1270 g/mol. The number of likely N-dealkylation sites (tertiary alicyclic amines) is 2. The number of ether oxygens (including phenoxy) is 12. The third kappa shape index (κ3) is 17.7. The molecule has 0 atom stereocenters. The van der Waals surface area contributed by atoms with Crippen molar-refractivity contribution in [2.75, 3.05) is 138 Å². The largest absolute Gasteiger partial charge is 2.00 e. The van der Waals surface area contributed by atoms with E-state index in [1.807, 2.05) is 72.2 Å². The number of rotatable bonds is 25. The van der Waals surface area contributed by atoms with E-state index >= 15 is 0 Å². The molecule has 89 heavy (non-hydrogen) atoms. The quantitative estimate of drug-likeness (QED) is 0.0409. The van der Waals surface area contributed by atoms with E-state index in [1.54, 1.807) is 81.0 Å². The standard InChI is InChI=1S/C33H45N3O7.C29H39N3O8.C4H7.ClH.Mg/c1-23(2)15-30-33(9-11-34(12-10-33)21-24-16-26(39-4)20-27(17-24)40-5)36(13-14-38-3)32(37)35(30)22-25-18-28(41-6)31(43-8)29(19-25)42-7;1-35-12-11-32-28(34)31(19-21-15-24(38-4)26(40-6)25(16-21)39-5)27(33)29(32)7-9-30(10-8-29)18-20-13-22(36-2)17-23(14-20)37-3;1-4(2)3;;/h15-20H,1,9-14,21-22H2,2-8H3;13-17H,7-12,18-19H2,1-6H3;1-2H2,3H3;1H;/q;;-1;;+2/p-1. The summed E-state index contributed by atoms with van der Waals surface area (Å²) in [4.78, 5) is 53.5. The Labute approximate surface area is 549 Å². The molecule has 4 fully saturated rings. The van der Waals surface area contributed by atoms with Gasteiger partial charge in [0, 0.05) is 84.4 Å². The van der Waals surface area contributed by atoms with E-state index in [0.29, 0.717) is 105 Å². The average Bonchev–Trinajstić information content (AvgIpc) is 1.67. The van der Waals surface area contributed by atoms with Gasteiger partial charge in [0.1, 0.15) is 28.5 Å². The number of nitrogens with zero attached hydrogens (tertiary/aromatic N) is 6. The zero-order valence-corrected chi connectivity index (χ0v) is 56.8. The second-order valence-corrected chi connectivity index (χ2v) is 21.8. The number of hydrogen-bond acceptors (Lipinski definition) is 17. The zero-order chi connectivity index (χ0) is 63.6. The maximum Gasteiger partial charge on any atom is 2.00 e. The van der Waals surface area contributed by atoms with Gasteiger partial charge in [0.15, 0.2) is 23.0 Å². The molecule has 0 N–H and O–H groups in total. The van der Waals surface area contributed by atoms with Crippen LogP contribution in [0.3, 0.4) is 0 Å². The Morgan fingerprint density at radius 2 is 0.787 bits per heavy atom. The van der Waals surface area contributed by atoms with Crippen LogP contribution in [0.25, 0.3) is 0 Å². The molecule has 4 heterocycles. The van der Waals surface area contributed by atoms with Crippen LogP contribution in [0.2, 0.25) is 0 Å². The van der Waals surface area contributed by atoms with Gasteiger partial charge in [-0.05, 0) is 109 Å². The summed E-state index contributed by atoms with van der Waals surface area (Å²) in [6, 6.07) is 18.7. The van der Waals surface area contributed by atoms with Crippen LogP contribution in [0.15, 0.2) is 96.7 Å². The molecule has 2 spiro atoms. The molecule has 4 saturated heterocycles. The third-order valence-electron chi connectivity index (χ3n) is 15.9. The SMILES string of the molecule is C=C(C)C=C1N(Cc2cc(OC)c(OC)c(OC)c2)C(=O)N(CCOC)C12CCN(Cc1cc(OC)cc(OC)c1)CC2.C=C([CH2-])C.COCCN1C(=O)N(Cc2cc(OC)c(OC)c(OC)c2)C(=O)C12CCN(Cc1cc(OC)cc(OC)c1)CC2.[Cl-].[Mg+2]. The number of hydrogen-bond donors (Lipinski definition) is 0. The molecule has 21 nitrogen and oxygen atoms in total. The Bertz CT molecular complexity index is 2960. The molecule has 0 unspecified atom stereocenters. The maximum atomic E-state index is 14.2. The van der Waals surface area contributed by atoms with Gasteiger partial charge < -0.3 is 79.0 Å². The molecule has 4 aliphatic rings. The van der Waals surface area contributed by atoms with Crippen molar-refractivity contribution in [1.82, 2.24) is 29.4 Å². The van der Waals surface area contributed by atoms with E-state index in [1.165, 1.54) is 26.2 Å². The van der Waals surface area contributed by atoms with Gasteiger partial charge in [0.25, 0.3) is 5.91 Å². The van der Waals surface area contributed by atoms with E-state index in [2.05, 4.69) is 36.0 Å². The molecule has 0 aliphatic carbocycles. The summed E-state index contributed by atoms with van der Waals surface area (Å²) in [6.07, 6.45) is 4.65. The Balaban J connectivity index is 0.000000352. The van der Waals surface area contributed by atoms with Crippen molar-refractivity contribution in [3.05, 3.63) is 126 Å². The van der Waals surface area contributed by atoms with Crippen molar-refractivity contribution < 1.29 is 83.6 Å². The van der Waals surface area contributed by atoms with Crippen LogP contribution in [-0.2, 0) is 40.4 Å². The van der Waals surface area contributed by atoms with Gasteiger partial charge >= 0.3 is 35.1 Å². The number of carbonyl (C=O) groups excluding carboxylic acids is 3. The van der Waals surface area contributed by atoms with Crippen LogP contribution in [0, 0.1) is 6.92 Å². The van der Waals surface area contributed by atoms with Crippen molar-refractivity contribution >= 4 is 41.0 Å². The zero-order valence-electron chi connectivity index (χ0n) is 54.7. The van der Waals surface area contributed by atoms with Crippen LogP contribution in [0.5, 0.6) is 57.5 Å². The van der Waals surface area contributed by atoms with Gasteiger partial charge in [0.2, 0.25) is 11.5 Å². The summed E-state index contributed by atoms with van der Waals surface area (Å²) in [5.74, 6) is 5.78. The summed E-state index contributed by atoms with van der Waals surface area (Å²) < 4.78 is 65.6. The molecule has 4 aromatic rings. The molecule has 0 radical (unpaired) electrons. The number of imide groups is 1. The van der Waals surface area contributed by atoms with Crippen LogP contribution >= 0.6 is 0 Å². The van der Waals surface area contributed by atoms with E-state index < -0.39 is 11.1 Å². The normalized spacial score (nSPS) is 16.3. The topological polar surface area (TPSA) is 181 Å². The average molecular weight is 1270 g/mol. The van der Waals surface area contributed by atoms with Gasteiger partial charge in [-0.15, -0.1) is 0 Å². The van der Waals surface area contributed by atoms with Gasteiger partial charge in [0.05, 0.1) is 103 Å². The van der Waals surface area contributed by atoms with Gasteiger partial charge in [-0.3, -0.25) is 24.4 Å². The van der Waals surface area contributed by atoms with E-state index in [-0.39, 0.29) is 60.0 Å². The molecular formula is C66H91ClMgN6O15. The molecule has 0 saturated carbocycles. The Hall–Kier alpha value is -6.92. The predicted octanol–water partition coefficient (Wildman–Crippen LogP) is 6.30. The van der Waals surface area contributed by atoms with Crippen molar-refractivity contribution in [1.29, 1.82) is 0 Å². The fourth-order valence-electron chi connectivity index (χ4n) is 11.7. The molecule has 23 heteroatoms. The van der Waals surface area contributed by atoms with Gasteiger partial charge in [-0.2, -0.15) is 0 Å². The molecule has 0 bridgehead atoms. The van der Waals surface area contributed by atoms with E-state index in [9.17, 15) is 14.4 Å². The first-order chi connectivity index (χ1) is 41.8. The number of allylic oxidation sites excluding steroid dienone is 3. The third-order valence-corrected chi connectivity index (χ3v) is 15.9. The van der Waals surface area contributed by atoms with Crippen molar-refractivity contribution in [3.63, 3.8) is 0 Å². The van der Waals surface area contributed by atoms with Gasteiger partial charge in [-0.25, -0.2) is 28.7 Å². The van der Waals surface area contributed by atoms with E-state index in [0.717, 1.165) is 89.0 Å². The molecule has 5 amide bonds. The Morgan fingerprint density at radius 3 is 1.10 bits per heavy atom. The minimum absolute atomic E-state index is 0. The first kappa shape index (κ1) is 74.5. The fourth-order valence-corrected chi connectivity index (χ4v) is 11.7. The van der Waals surface area contributed by atoms with Crippen LogP contribution < -0.4 is 59.8 Å². The number of carbonyl (C=O) groups is 3. The molecule has 0 aromatic heterocycles. The number of piperidine rings is 2.